The van der Waals surface area contributed by atoms with Crippen LogP contribution in [0.15, 0.2) is 30.3 Å². The predicted octanol–water partition coefficient (Wildman–Crippen LogP) is 4.03. The van der Waals surface area contributed by atoms with Crippen molar-refractivity contribution in [3.63, 3.8) is 0 Å². The van der Waals surface area contributed by atoms with Gasteiger partial charge in [-0.3, -0.25) is 0 Å². The van der Waals surface area contributed by atoms with Crippen molar-refractivity contribution < 1.29 is 0 Å². The molecule has 0 radical (unpaired) electrons. The first-order valence-electron chi connectivity index (χ1n) is 7.60. The van der Waals surface area contributed by atoms with Gasteiger partial charge in [-0.05, 0) is 43.2 Å². The fourth-order valence-electron chi connectivity index (χ4n) is 2.88. The van der Waals surface area contributed by atoms with Crippen LogP contribution < -0.4 is 5.32 Å². The third kappa shape index (κ3) is 4.13. The molecule has 0 aromatic heterocycles. The molecule has 1 aliphatic rings. The van der Waals surface area contributed by atoms with Crippen LogP contribution in [0, 0.1) is 11.8 Å². The minimum Gasteiger partial charge on any atom is -0.314 e. The van der Waals surface area contributed by atoms with Crippen molar-refractivity contribution in [1.29, 1.82) is 0 Å². The molecule has 0 saturated heterocycles. The molecular formula is C17H27N. The Morgan fingerprint density at radius 1 is 1.06 bits per heavy atom. The first kappa shape index (κ1) is 13.6. The van der Waals surface area contributed by atoms with Gasteiger partial charge in [0.05, 0.1) is 0 Å². The minimum absolute atomic E-state index is 0.794. The number of rotatable bonds is 8. The molecule has 1 aromatic rings. The standard InChI is InChI=1S/C17H27N/c1-3-15(4-2)16(13-18-17-10-11-17)12-14-8-6-5-7-9-14/h5-9,15-18H,3-4,10-13H2,1-2H3. The molecule has 0 bridgehead atoms. The van der Waals surface area contributed by atoms with E-state index in [9.17, 15) is 0 Å². The average Bonchev–Trinajstić information content (AvgIpc) is 3.22. The van der Waals surface area contributed by atoms with E-state index in [-0.39, 0.29) is 0 Å². The van der Waals surface area contributed by atoms with E-state index in [0.717, 1.165) is 17.9 Å². The molecule has 1 unspecified atom stereocenters. The largest absolute Gasteiger partial charge is 0.314 e. The van der Waals surface area contributed by atoms with Crippen molar-refractivity contribution in [3.05, 3.63) is 35.9 Å². The summed E-state index contributed by atoms with van der Waals surface area (Å²) in [5.41, 5.74) is 1.49. The molecule has 1 fully saturated rings. The van der Waals surface area contributed by atoms with Gasteiger partial charge in [0.25, 0.3) is 0 Å². The predicted molar refractivity (Wildman–Crippen MR) is 78.7 cm³/mol. The summed E-state index contributed by atoms with van der Waals surface area (Å²) in [7, 11) is 0. The van der Waals surface area contributed by atoms with E-state index in [0.29, 0.717) is 0 Å². The topological polar surface area (TPSA) is 12.0 Å². The van der Waals surface area contributed by atoms with Crippen LogP contribution >= 0.6 is 0 Å². The summed E-state index contributed by atoms with van der Waals surface area (Å²) in [6.07, 6.45) is 6.62. The Bertz CT molecular complexity index is 325. The van der Waals surface area contributed by atoms with Gasteiger partial charge in [-0.1, -0.05) is 57.0 Å². The van der Waals surface area contributed by atoms with Crippen molar-refractivity contribution in [2.45, 2.75) is 52.0 Å². The lowest BCUT2D eigenvalue weighted by atomic mass is 9.83. The Morgan fingerprint density at radius 2 is 1.72 bits per heavy atom. The van der Waals surface area contributed by atoms with Crippen LogP contribution in [-0.4, -0.2) is 12.6 Å². The average molecular weight is 245 g/mol. The lowest BCUT2D eigenvalue weighted by Gasteiger charge is -2.26. The lowest BCUT2D eigenvalue weighted by molar-refractivity contribution is 0.297. The molecule has 1 nitrogen and oxygen atoms in total. The molecule has 0 spiro atoms. The summed E-state index contributed by atoms with van der Waals surface area (Å²) in [6, 6.07) is 11.8. The zero-order valence-corrected chi connectivity index (χ0v) is 11.9. The molecule has 0 amide bonds. The maximum atomic E-state index is 3.73. The quantitative estimate of drug-likeness (QED) is 0.729. The molecule has 2 rings (SSSR count). The minimum atomic E-state index is 0.794. The molecule has 18 heavy (non-hydrogen) atoms. The van der Waals surface area contributed by atoms with Gasteiger partial charge in [0.2, 0.25) is 0 Å². The summed E-state index contributed by atoms with van der Waals surface area (Å²) >= 11 is 0. The van der Waals surface area contributed by atoms with Crippen molar-refractivity contribution in [1.82, 2.24) is 5.32 Å². The first-order chi connectivity index (χ1) is 8.83. The number of hydrogen-bond acceptors (Lipinski definition) is 1. The monoisotopic (exact) mass is 245 g/mol. The first-order valence-corrected chi connectivity index (χ1v) is 7.60. The maximum absolute atomic E-state index is 3.73. The van der Waals surface area contributed by atoms with E-state index < -0.39 is 0 Å². The van der Waals surface area contributed by atoms with E-state index in [4.69, 9.17) is 0 Å². The van der Waals surface area contributed by atoms with Gasteiger partial charge in [-0.2, -0.15) is 0 Å². The number of hydrogen-bond donors (Lipinski definition) is 1. The van der Waals surface area contributed by atoms with Gasteiger partial charge in [0, 0.05) is 6.04 Å². The summed E-state index contributed by atoms with van der Waals surface area (Å²) in [4.78, 5) is 0. The fraction of sp³-hybridized carbons (Fsp3) is 0.647. The van der Waals surface area contributed by atoms with E-state index in [1.165, 1.54) is 44.2 Å². The summed E-state index contributed by atoms with van der Waals surface area (Å²) in [6.45, 7) is 5.87. The summed E-state index contributed by atoms with van der Waals surface area (Å²) in [5.74, 6) is 1.65. The summed E-state index contributed by atoms with van der Waals surface area (Å²) in [5, 5.41) is 3.73. The second-order valence-corrected chi connectivity index (χ2v) is 5.71. The van der Waals surface area contributed by atoms with E-state index in [1.807, 2.05) is 0 Å². The maximum Gasteiger partial charge on any atom is 0.00683 e. The van der Waals surface area contributed by atoms with Crippen LogP contribution in [0.1, 0.15) is 45.1 Å². The Balaban J connectivity index is 1.93. The van der Waals surface area contributed by atoms with E-state index in [1.54, 1.807) is 0 Å². The van der Waals surface area contributed by atoms with Gasteiger partial charge >= 0.3 is 0 Å². The zero-order chi connectivity index (χ0) is 12.8. The molecular weight excluding hydrogens is 218 g/mol. The summed E-state index contributed by atoms with van der Waals surface area (Å²) < 4.78 is 0. The van der Waals surface area contributed by atoms with Gasteiger partial charge in [0.15, 0.2) is 0 Å². The highest BCUT2D eigenvalue weighted by atomic mass is 14.9. The molecule has 1 N–H and O–H groups in total. The van der Waals surface area contributed by atoms with Crippen LogP contribution in [0.2, 0.25) is 0 Å². The van der Waals surface area contributed by atoms with E-state index >= 15 is 0 Å². The lowest BCUT2D eigenvalue weighted by Crippen LogP contribution is -2.30. The molecule has 1 aromatic carbocycles. The molecule has 0 heterocycles. The Labute approximate surface area is 112 Å². The molecule has 1 heteroatoms. The van der Waals surface area contributed by atoms with Gasteiger partial charge in [-0.15, -0.1) is 0 Å². The Hall–Kier alpha value is -0.820. The fourth-order valence-corrected chi connectivity index (χ4v) is 2.88. The molecule has 1 aliphatic carbocycles. The number of benzene rings is 1. The second-order valence-electron chi connectivity index (χ2n) is 5.71. The van der Waals surface area contributed by atoms with Crippen LogP contribution in [0.4, 0.5) is 0 Å². The van der Waals surface area contributed by atoms with Gasteiger partial charge in [0.1, 0.15) is 0 Å². The smallest absolute Gasteiger partial charge is 0.00683 e. The molecule has 1 saturated carbocycles. The molecule has 0 aliphatic heterocycles. The van der Waals surface area contributed by atoms with Crippen LogP contribution in [-0.2, 0) is 6.42 Å². The van der Waals surface area contributed by atoms with Crippen LogP contribution in [0.3, 0.4) is 0 Å². The highest BCUT2D eigenvalue weighted by molar-refractivity contribution is 5.15. The third-order valence-electron chi connectivity index (χ3n) is 4.30. The van der Waals surface area contributed by atoms with Crippen molar-refractivity contribution >= 4 is 0 Å². The Morgan fingerprint density at radius 3 is 2.28 bits per heavy atom. The van der Waals surface area contributed by atoms with Gasteiger partial charge in [-0.25, -0.2) is 0 Å². The van der Waals surface area contributed by atoms with Crippen LogP contribution in [0.5, 0.6) is 0 Å². The van der Waals surface area contributed by atoms with Crippen molar-refractivity contribution in [2.75, 3.05) is 6.54 Å². The highest BCUT2D eigenvalue weighted by Crippen LogP contribution is 2.25. The SMILES string of the molecule is CCC(CC)C(CNC1CC1)Cc1ccccc1. The van der Waals surface area contributed by atoms with Crippen molar-refractivity contribution in [3.8, 4) is 0 Å². The van der Waals surface area contributed by atoms with Crippen LogP contribution in [0.25, 0.3) is 0 Å². The molecule has 1 atom stereocenters. The highest BCUT2D eigenvalue weighted by Gasteiger charge is 2.24. The Kier molecular flexibility index (Phi) is 5.25. The molecule has 100 valence electrons. The second kappa shape index (κ2) is 6.94. The van der Waals surface area contributed by atoms with E-state index in [2.05, 4.69) is 49.5 Å². The zero-order valence-electron chi connectivity index (χ0n) is 11.9. The third-order valence-corrected chi connectivity index (χ3v) is 4.30. The van der Waals surface area contributed by atoms with Gasteiger partial charge < -0.3 is 5.32 Å². The normalized spacial score (nSPS) is 17.1. The number of nitrogens with one attached hydrogen (secondary N) is 1. The van der Waals surface area contributed by atoms with Crippen molar-refractivity contribution in [2.24, 2.45) is 11.8 Å².